The van der Waals surface area contributed by atoms with Gasteiger partial charge in [0.05, 0.1) is 0 Å². The zero-order valence-electron chi connectivity index (χ0n) is 10.4. The van der Waals surface area contributed by atoms with Crippen LogP contribution in [0.4, 0.5) is 0 Å². The second-order valence-electron chi connectivity index (χ2n) is 4.47. The van der Waals surface area contributed by atoms with Gasteiger partial charge in [-0.05, 0) is 36.8 Å². The van der Waals surface area contributed by atoms with Gasteiger partial charge < -0.3 is 10.3 Å². The molecule has 2 rings (SSSR count). The van der Waals surface area contributed by atoms with Crippen molar-refractivity contribution in [2.75, 3.05) is 0 Å². The van der Waals surface area contributed by atoms with Crippen LogP contribution in [-0.2, 0) is 13.0 Å². The Balaban J connectivity index is 2.18. The first kappa shape index (κ1) is 12.3. The second-order valence-corrected chi connectivity index (χ2v) is 4.47. The van der Waals surface area contributed by atoms with E-state index >= 15 is 0 Å². The molecule has 0 amide bonds. The molecule has 0 aromatic carbocycles. The molecule has 18 heavy (non-hydrogen) atoms. The van der Waals surface area contributed by atoms with E-state index in [1.165, 1.54) is 5.69 Å². The predicted octanol–water partition coefficient (Wildman–Crippen LogP) is 1.69. The van der Waals surface area contributed by atoms with Crippen molar-refractivity contribution in [3.63, 3.8) is 0 Å². The SMILES string of the molecule is CC(N)Cc1cccn1Cc1ccnc(C#N)c1. The van der Waals surface area contributed by atoms with Gasteiger partial charge in [-0.25, -0.2) is 4.98 Å². The Labute approximate surface area is 107 Å². The van der Waals surface area contributed by atoms with Crippen LogP contribution in [0, 0.1) is 11.3 Å². The molecule has 0 aliphatic rings. The predicted molar refractivity (Wildman–Crippen MR) is 69.8 cm³/mol. The summed E-state index contributed by atoms with van der Waals surface area (Å²) in [6.07, 6.45) is 4.55. The molecular formula is C14H16N4. The van der Waals surface area contributed by atoms with Crippen molar-refractivity contribution in [2.45, 2.75) is 25.9 Å². The van der Waals surface area contributed by atoms with Crippen molar-refractivity contribution >= 4 is 0 Å². The third-order valence-electron chi connectivity index (χ3n) is 2.75. The maximum absolute atomic E-state index is 8.83. The first-order valence-corrected chi connectivity index (χ1v) is 5.93. The van der Waals surface area contributed by atoms with Crippen LogP contribution >= 0.6 is 0 Å². The van der Waals surface area contributed by atoms with E-state index in [1.54, 1.807) is 6.20 Å². The first-order valence-electron chi connectivity index (χ1n) is 5.93. The molecule has 0 aliphatic heterocycles. The topological polar surface area (TPSA) is 67.6 Å². The molecule has 4 nitrogen and oxygen atoms in total. The highest BCUT2D eigenvalue weighted by molar-refractivity contribution is 5.26. The lowest BCUT2D eigenvalue weighted by atomic mass is 10.2. The summed E-state index contributed by atoms with van der Waals surface area (Å²) in [7, 11) is 0. The molecule has 0 radical (unpaired) electrons. The zero-order valence-corrected chi connectivity index (χ0v) is 10.4. The standard InChI is InChI=1S/C14H16N4/c1-11(16)7-14-3-2-6-18(14)10-12-4-5-17-13(8-12)9-15/h2-6,8,11H,7,10,16H2,1H3. The average molecular weight is 240 g/mol. The Hall–Kier alpha value is -2.12. The highest BCUT2D eigenvalue weighted by Gasteiger charge is 2.05. The van der Waals surface area contributed by atoms with Crippen LogP contribution in [0.15, 0.2) is 36.7 Å². The number of hydrogen-bond acceptors (Lipinski definition) is 3. The van der Waals surface area contributed by atoms with Crippen molar-refractivity contribution in [1.29, 1.82) is 5.26 Å². The van der Waals surface area contributed by atoms with E-state index in [0.29, 0.717) is 5.69 Å². The lowest BCUT2D eigenvalue weighted by Crippen LogP contribution is -2.20. The van der Waals surface area contributed by atoms with Gasteiger partial charge in [-0.1, -0.05) is 0 Å². The van der Waals surface area contributed by atoms with E-state index in [0.717, 1.165) is 18.5 Å². The van der Waals surface area contributed by atoms with Gasteiger partial charge in [0.15, 0.2) is 0 Å². The van der Waals surface area contributed by atoms with Gasteiger partial charge >= 0.3 is 0 Å². The van der Waals surface area contributed by atoms with Crippen LogP contribution in [0.25, 0.3) is 0 Å². The zero-order chi connectivity index (χ0) is 13.0. The van der Waals surface area contributed by atoms with Crippen LogP contribution in [0.2, 0.25) is 0 Å². The van der Waals surface area contributed by atoms with E-state index < -0.39 is 0 Å². The number of rotatable bonds is 4. The molecule has 4 heteroatoms. The van der Waals surface area contributed by atoms with Gasteiger partial charge in [0.2, 0.25) is 0 Å². The van der Waals surface area contributed by atoms with Gasteiger partial charge in [0.1, 0.15) is 11.8 Å². The number of hydrogen-bond donors (Lipinski definition) is 1. The van der Waals surface area contributed by atoms with Crippen molar-refractivity contribution < 1.29 is 0 Å². The molecule has 0 saturated carbocycles. The second kappa shape index (κ2) is 5.48. The molecule has 0 bridgehead atoms. The number of aromatic nitrogens is 2. The van der Waals surface area contributed by atoms with E-state index in [1.807, 2.05) is 31.3 Å². The quantitative estimate of drug-likeness (QED) is 0.884. The van der Waals surface area contributed by atoms with E-state index in [-0.39, 0.29) is 6.04 Å². The van der Waals surface area contributed by atoms with Gasteiger partial charge in [-0.15, -0.1) is 0 Å². The molecule has 0 aliphatic carbocycles. The summed E-state index contributed by atoms with van der Waals surface area (Å²) in [5.74, 6) is 0. The first-order chi connectivity index (χ1) is 8.69. The smallest absolute Gasteiger partial charge is 0.140 e. The van der Waals surface area contributed by atoms with Crippen LogP contribution in [0.3, 0.4) is 0 Å². The number of nitrogens with two attached hydrogens (primary N) is 1. The maximum Gasteiger partial charge on any atom is 0.140 e. The van der Waals surface area contributed by atoms with Gasteiger partial charge in [-0.2, -0.15) is 5.26 Å². The molecule has 0 saturated heterocycles. The Morgan fingerprint density at radius 1 is 1.50 bits per heavy atom. The minimum absolute atomic E-state index is 0.144. The summed E-state index contributed by atoms with van der Waals surface area (Å²) >= 11 is 0. The summed E-state index contributed by atoms with van der Waals surface area (Å²) in [5.41, 5.74) is 8.56. The molecule has 92 valence electrons. The fraction of sp³-hybridized carbons (Fsp3) is 0.286. The third-order valence-corrected chi connectivity index (χ3v) is 2.75. The van der Waals surface area contributed by atoms with Crippen molar-refractivity contribution in [2.24, 2.45) is 5.73 Å². The average Bonchev–Trinajstić information content (AvgIpc) is 2.76. The van der Waals surface area contributed by atoms with E-state index in [9.17, 15) is 0 Å². The molecule has 2 heterocycles. The Bertz CT molecular complexity index is 563. The summed E-state index contributed by atoms with van der Waals surface area (Å²) < 4.78 is 2.15. The minimum atomic E-state index is 0.144. The Morgan fingerprint density at radius 2 is 2.33 bits per heavy atom. The summed E-state index contributed by atoms with van der Waals surface area (Å²) in [6, 6.07) is 10.0. The lowest BCUT2D eigenvalue weighted by Gasteiger charge is -2.11. The fourth-order valence-electron chi connectivity index (χ4n) is 1.95. The Kier molecular flexibility index (Phi) is 3.75. The number of pyridine rings is 1. The fourth-order valence-corrected chi connectivity index (χ4v) is 1.95. The van der Waals surface area contributed by atoms with E-state index in [2.05, 4.69) is 21.7 Å². The summed E-state index contributed by atoms with van der Waals surface area (Å²) in [5, 5.41) is 8.83. The number of nitrogens with zero attached hydrogens (tertiary/aromatic N) is 3. The van der Waals surface area contributed by atoms with Crippen LogP contribution in [0.1, 0.15) is 23.9 Å². The molecule has 0 spiro atoms. The molecule has 2 aromatic rings. The van der Waals surface area contributed by atoms with Gasteiger partial charge in [-0.3, -0.25) is 0 Å². The number of nitriles is 1. The van der Waals surface area contributed by atoms with Crippen molar-refractivity contribution in [1.82, 2.24) is 9.55 Å². The van der Waals surface area contributed by atoms with E-state index in [4.69, 9.17) is 11.0 Å². The largest absolute Gasteiger partial charge is 0.347 e. The van der Waals surface area contributed by atoms with Crippen molar-refractivity contribution in [3.05, 3.63) is 53.6 Å². The van der Waals surface area contributed by atoms with Gasteiger partial charge in [0, 0.05) is 37.1 Å². The lowest BCUT2D eigenvalue weighted by molar-refractivity contribution is 0.666. The molecule has 1 unspecified atom stereocenters. The molecule has 1 atom stereocenters. The highest BCUT2D eigenvalue weighted by atomic mass is 15.0. The van der Waals surface area contributed by atoms with Crippen LogP contribution in [0.5, 0.6) is 0 Å². The Morgan fingerprint density at radius 3 is 3.06 bits per heavy atom. The minimum Gasteiger partial charge on any atom is -0.347 e. The van der Waals surface area contributed by atoms with Crippen molar-refractivity contribution in [3.8, 4) is 6.07 Å². The van der Waals surface area contributed by atoms with Crippen LogP contribution < -0.4 is 5.73 Å². The van der Waals surface area contributed by atoms with Gasteiger partial charge in [0.25, 0.3) is 0 Å². The summed E-state index contributed by atoms with van der Waals surface area (Å²) in [4.78, 5) is 3.97. The molecular weight excluding hydrogens is 224 g/mol. The molecule has 2 N–H and O–H groups in total. The third kappa shape index (κ3) is 2.96. The normalized spacial score (nSPS) is 12.1. The molecule has 2 aromatic heterocycles. The summed E-state index contributed by atoms with van der Waals surface area (Å²) in [6.45, 7) is 2.74. The van der Waals surface area contributed by atoms with Crippen LogP contribution in [-0.4, -0.2) is 15.6 Å². The highest BCUT2D eigenvalue weighted by Crippen LogP contribution is 2.10. The molecule has 0 fully saturated rings. The monoisotopic (exact) mass is 240 g/mol. The maximum atomic E-state index is 8.83.